The summed E-state index contributed by atoms with van der Waals surface area (Å²) in [6.45, 7) is 2.12. The Morgan fingerprint density at radius 2 is 2.19 bits per heavy atom. The number of rotatable bonds is 6. The number of nitrogens with one attached hydrogen (secondary N) is 2. The van der Waals surface area contributed by atoms with E-state index in [0.717, 1.165) is 0 Å². The number of H-pyrrole nitrogens is 1. The van der Waals surface area contributed by atoms with Crippen LogP contribution in [0.4, 0.5) is 0 Å². The van der Waals surface area contributed by atoms with E-state index in [1.165, 1.54) is 17.7 Å². The van der Waals surface area contributed by atoms with Gasteiger partial charge in [-0.3, -0.25) is 14.4 Å². The van der Waals surface area contributed by atoms with E-state index >= 15 is 0 Å². The fourth-order valence-corrected chi connectivity index (χ4v) is 3.04. The van der Waals surface area contributed by atoms with Crippen molar-refractivity contribution in [3.63, 3.8) is 0 Å². The first-order chi connectivity index (χ1) is 10.0. The smallest absolute Gasteiger partial charge is 0.303 e. The maximum Gasteiger partial charge on any atom is 0.303 e. The molecule has 0 aliphatic carbocycles. The Morgan fingerprint density at radius 3 is 2.86 bits per heavy atom. The van der Waals surface area contributed by atoms with Crippen molar-refractivity contribution >= 4 is 33.4 Å². The first kappa shape index (κ1) is 15.2. The molecular formula is C13H15N3O4S. The largest absolute Gasteiger partial charge is 0.481 e. The van der Waals surface area contributed by atoms with E-state index in [1.807, 2.05) is 0 Å². The molecule has 0 radical (unpaired) electrons. The van der Waals surface area contributed by atoms with Gasteiger partial charge in [0, 0.05) is 13.0 Å². The predicted octanol–water partition coefficient (Wildman–Crippen LogP) is 1.28. The van der Waals surface area contributed by atoms with Crippen LogP contribution in [-0.4, -0.2) is 33.5 Å². The first-order valence-electron chi connectivity index (χ1n) is 6.47. The second-order valence-electron chi connectivity index (χ2n) is 4.57. The Morgan fingerprint density at radius 1 is 1.43 bits per heavy atom. The number of aromatic nitrogens is 2. The number of carbonyl (C=O) groups excluding carboxylic acids is 1. The molecule has 0 saturated heterocycles. The summed E-state index contributed by atoms with van der Waals surface area (Å²) in [5.41, 5.74) is 0.363. The van der Waals surface area contributed by atoms with Gasteiger partial charge in [0.05, 0.1) is 16.6 Å². The maximum atomic E-state index is 12.1. The number of fused-ring (bicyclic) bond motifs is 1. The Bertz CT molecular complexity index is 735. The molecule has 0 unspecified atom stereocenters. The highest BCUT2D eigenvalue weighted by molar-refractivity contribution is 7.20. The van der Waals surface area contributed by atoms with Gasteiger partial charge in [-0.05, 0) is 25.3 Å². The molecule has 0 aliphatic heterocycles. The number of hydrogen-bond acceptors (Lipinski definition) is 5. The zero-order valence-electron chi connectivity index (χ0n) is 11.4. The zero-order valence-corrected chi connectivity index (χ0v) is 12.2. The predicted molar refractivity (Wildman–Crippen MR) is 78.8 cm³/mol. The van der Waals surface area contributed by atoms with Gasteiger partial charge in [0.2, 0.25) is 0 Å². The van der Waals surface area contributed by atoms with Crippen molar-refractivity contribution in [3.05, 3.63) is 27.1 Å². The second kappa shape index (κ2) is 6.49. The van der Waals surface area contributed by atoms with Crippen molar-refractivity contribution in [2.45, 2.75) is 26.2 Å². The van der Waals surface area contributed by atoms with Crippen molar-refractivity contribution in [2.24, 2.45) is 0 Å². The fraction of sp³-hybridized carbons (Fsp3) is 0.385. The Labute approximate surface area is 124 Å². The average molecular weight is 309 g/mol. The lowest BCUT2D eigenvalue weighted by Gasteiger charge is -2.03. The normalized spacial score (nSPS) is 10.7. The fourth-order valence-electron chi connectivity index (χ4n) is 1.98. The van der Waals surface area contributed by atoms with E-state index in [0.29, 0.717) is 40.0 Å². The molecule has 0 atom stereocenters. The number of aliphatic carboxylic acids is 1. The number of carboxylic acids is 1. The third kappa shape index (κ3) is 3.46. The minimum Gasteiger partial charge on any atom is -0.481 e. The number of aryl methyl sites for hydroxylation is 1. The molecule has 3 N–H and O–H groups in total. The molecule has 0 aromatic carbocycles. The SMILES string of the molecule is Cc1c(C(=O)NCCCCC(=O)O)sc2nc[nH]c(=O)c12. The molecule has 7 nitrogen and oxygen atoms in total. The number of aromatic amines is 1. The number of nitrogens with zero attached hydrogens (tertiary/aromatic N) is 1. The molecule has 21 heavy (non-hydrogen) atoms. The number of hydrogen-bond donors (Lipinski definition) is 3. The van der Waals surface area contributed by atoms with E-state index in [2.05, 4.69) is 15.3 Å². The van der Waals surface area contributed by atoms with E-state index in [9.17, 15) is 14.4 Å². The second-order valence-corrected chi connectivity index (χ2v) is 5.57. The lowest BCUT2D eigenvalue weighted by molar-refractivity contribution is -0.137. The lowest BCUT2D eigenvalue weighted by Crippen LogP contribution is -2.24. The molecule has 8 heteroatoms. The van der Waals surface area contributed by atoms with Gasteiger partial charge in [0.15, 0.2) is 0 Å². The summed E-state index contributed by atoms with van der Waals surface area (Å²) in [5, 5.41) is 11.7. The molecule has 0 aliphatic rings. The van der Waals surface area contributed by atoms with Crippen LogP contribution in [0, 0.1) is 6.92 Å². The van der Waals surface area contributed by atoms with E-state index in [4.69, 9.17) is 5.11 Å². The van der Waals surface area contributed by atoms with E-state index in [1.54, 1.807) is 6.92 Å². The minimum atomic E-state index is -0.841. The van der Waals surface area contributed by atoms with Crippen LogP contribution in [-0.2, 0) is 4.79 Å². The van der Waals surface area contributed by atoms with Gasteiger partial charge < -0.3 is 15.4 Å². The van der Waals surface area contributed by atoms with Crippen LogP contribution in [0.1, 0.15) is 34.5 Å². The Hall–Kier alpha value is -2.22. The zero-order chi connectivity index (χ0) is 15.4. The van der Waals surface area contributed by atoms with Gasteiger partial charge >= 0.3 is 5.97 Å². The van der Waals surface area contributed by atoms with Crippen LogP contribution in [0.5, 0.6) is 0 Å². The van der Waals surface area contributed by atoms with E-state index in [-0.39, 0.29) is 17.9 Å². The summed E-state index contributed by atoms with van der Waals surface area (Å²) in [5.74, 6) is -1.10. The number of carbonyl (C=O) groups is 2. The summed E-state index contributed by atoms with van der Waals surface area (Å²) in [6.07, 6.45) is 2.52. The number of thiophene rings is 1. The average Bonchev–Trinajstić information content (AvgIpc) is 2.76. The van der Waals surface area contributed by atoms with E-state index < -0.39 is 5.97 Å². The van der Waals surface area contributed by atoms with Gasteiger partial charge in [-0.2, -0.15) is 0 Å². The number of unbranched alkanes of at least 4 members (excludes halogenated alkanes) is 1. The van der Waals surface area contributed by atoms with Gasteiger partial charge in [-0.15, -0.1) is 11.3 Å². The third-order valence-electron chi connectivity index (χ3n) is 3.04. The van der Waals surface area contributed by atoms with Crippen LogP contribution >= 0.6 is 11.3 Å². The highest BCUT2D eigenvalue weighted by atomic mass is 32.1. The number of carboxylic acid groups (broad SMARTS) is 1. The van der Waals surface area contributed by atoms with Crippen molar-refractivity contribution in [3.8, 4) is 0 Å². The number of amides is 1. The van der Waals surface area contributed by atoms with Crippen LogP contribution in [0.2, 0.25) is 0 Å². The Kier molecular flexibility index (Phi) is 4.69. The highest BCUT2D eigenvalue weighted by Gasteiger charge is 2.17. The molecule has 112 valence electrons. The molecule has 2 aromatic rings. The first-order valence-corrected chi connectivity index (χ1v) is 7.29. The van der Waals surface area contributed by atoms with Crippen molar-refractivity contribution in [2.75, 3.05) is 6.54 Å². The molecule has 2 rings (SSSR count). The van der Waals surface area contributed by atoms with Crippen molar-refractivity contribution in [1.82, 2.24) is 15.3 Å². The molecule has 2 heterocycles. The van der Waals surface area contributed by atoms with Gasteiger partial charge in [-0.1, -0.05) is 0 Å². The van der Waals surface area contributed by atoms with Crippen LogP contribution in [0.15, 0.2) is 11.1 Å². The van der Waals surface area contributed by atoms with Gasteiger partial charge in [-0.25, -0.2) is 4.98 Å². The standard InChI is InChI=1S/C13H15N3O4S/c1-7-9-11(19)15-6-16-13(9)21-10(7)12(20)14-5-3-2-4-8(17)18/h6H,2-5H2,1H3,(H,14,20)(H,17,18)(H,15,16,19). The summed E-state index contributed by atoms with van der Waals surface area (Å²) in [7, 11) is 0. The summed E-state index contributed by atoms with van der Waals surface area (Å²) in [6, 6.07) is 0. The molecular weight excluding hydrogens is 294 g/mol. The molecule has 2 aromatic heterocycles. The van der Waals surface area contributed by atoms with Crippen LogP contribution < -0.4 is 10.9 Å². The van der Waals surface area contributed by atoms with Gasteiger partial charge in [0.1, 0.15) is 4.83 Å². The maximum absolute atomic E-state index is 12.1. The Balaban J connectivity index is 2.03. The highest BCUT2D eigenvalue weighted by Crippen LogP contribution is 2.26. The monoisotopic (exact) mass is 309 g/mol. The lowest BCUT2D eigenvalue weighted by atomic mass is 10.2. The van der Waals surface area contributed by atoms with Crippen LogP contribution in [0.3, 0.4) is 0 Å². The van der Waals surface area contributed by atoms with Crippen molar-refractivity contribution < 1.29 is 14.7 Å². The molecule has 0 bridgehead atoms. The van der Waals surface area contributed by atoms with Crippen LogP contribution in [0.25, 0.3) is 10.2 Å². The van der Waals surface area contributed by atoms with Crippen molar-refractivity contribution in [1.29, 1.82) is 0 Å². The minimum absolute atomic E-state index is 0.0943. The molecule has 0 fully saturated rings. The molecule has 0 spiro atoms. The topological polar surface area (TPSA) is 112 Å². The third-order valence-corrected chi connectivity index (χ3v) is 4.24. The summed E-state index contributed by atoms with van der Waals surface area (Å²) in [4.78, 5) is 41.7. The summed E-state index contributed by atoms with van der Waals surface area (Å²) >= 11 is 1.18. The van der Waals surface area contributed by atoms with Gasteiger partial charge in [0.25, 0.3) is 11.5 Å². The molecule has 0 saturated carbocycles. The summed E-state index contributed by atoms with van der Waals surface area (Å²) < 4.78 is 0. The molecule has 1 amide bonds. The quantitative estimate of drug-likeness (QED) is 0.696.